The molecule has 0 fully saturated rings. The highest BCUT2D eigenvalue weighted by Gasteiger charge is 2.33. The molecule has 0 saturated carbocycles. The zero-order valence-electron chi connectivity index (χ0n) is 23.6. The average Bonchev–Trinajstić information content (AvgIpc) is 2.97. The molecule has 0 spiro atoms. The van der Waals surface area contributed by atoms with E-state index in [9.17, 15) is 18.0 Å². The van der Waals surface area contributed by atoms with Gasteiger partial charge in [-0.3, -0.25) is 13.9 Å². The largest absolute Gasteiger partial charge is 0.493 e. The molecule has 0 radical (unpaired) electrons. The number of carbonyl (C=O) groups excluding carboxylic acids is 2. The molecule has 214 valence electrons. The maximum absolute atomic E-state index is 14.0. The van der Waals surface area contributed by atoms with Crippen molar-refractivity contribution in [1.82, 2.24) is 10.2 Å². The molecule has 0 bridgehead atoms. The summed E-state index contributed by atoms with van der Waals surface area (Å²) >= 11 is 0. The predicted octanol–water partition coefficient (Wildman–Crippen LogP) is 4.15. The maximum Gasteiger partial charge on any atom is 0.264 e. The topological polar surface area (TPSA) is 105 Å². The Hall–Kier alpha value is -4.05. The number of hydrogen-bond acceptors (Lipinski definition) is 6. The summed E-state index contributed by atoms with van der Waals surface area (Å²) in [6.07, 6.45) is 0.746. The van der Waals surface area contributed by atoms with Crippen LogP contribution < -0.4 is 19.1 Å². The maximum atomic E-state index is 14.0. The van der Waals surface area contributed by atoms with Crippen LogP contribution in [0.5, 0.6) is 11.5 Å². The molecule has 1 N–H and O–H groups in total. The van der Waals surface area contributed by atoms with Crippen molar-refractivity contribution in [2.24, 2.45) is 0 Å². The van der Waals surface area contributed by atoms with Crippen molar-refractivity contribution >= 4 is 27.5 Å². The number of nitrogens with one attached hydrogen (secondary N) is 1. The molecule has 1 atom stereocenters. The standard InChI is InChI=1S/C30H37N3O6S/c1-6-18-31-30(35)23(3)32(20-24-13-11-10-12-22(24)2)29(34)21-33(25-14-8-7-9-15-25)40(36,37)26-16-17-27(38-4)28(19-26)39-5/h7-17,19,23H,6,18,20-21H2,1-5H3,(H,31,35)/t23-/m1/s1. The second-order valence-corrected chi connectivity index (χ2v) is 11.1. The third-order valence-corrected chi connectivity index (χ3v) is 8.35. The summed E-state index contributed by atoms with van der Waals surface area (Å²) in [6, 6.07) is 19.4. The average molecular weight is 568 g/mol. The molecule has 40 heavy (non-hydrogen) atoms. The van der Waals surface area contributed by atoms with Crippen LogP contribution in [0.4, 0.5) is 5.69 Å². The monoisotopic (exact) mass is 567 g/mol. The van der Waals surface area contributed by atoms with E-state index in [2.05, 4.69) is 5.32 Å². The Morgan fingerprint density at radius 2 is 1.57 bits per heavy atom. The van der Waals surface area contributed by atoms with Gasteiger partial charge >= 0.3 is 0 Å². The third kappa shape index (κ3) is 7.12. The summed E-state index contributed by atoms with van der Waals surface area (Å²) in [5.74, 6) is -0.210. The SMILES string of the molecule is CCCNC(=O)[C@@H](C)N(Cc1ccccc1C)C(=O)CN(c1ccccc1)S(=O)(=O)c1ccc(OC)c(OC)c1. The molecule has 0 aliphatic heterocycles. The lowest BCUT2D eigenvalue weighted by atomic mass is 10.1. The van der Waals surface area contributed by atoms with Gasteiger partial charge in [-0.05, 0) is 55.7 Å². The summed E-state index contributed by atoms with van der Waals surface area (Å²) < 4.78 is 39.6. The molecule has 0 aliphatic rings. The molecule has 0 aliphatic carbocycles. The first kappa shape index (κ1) is 30.5. The van der Waals surface area contributed by atoms with E-state index in [-0.39, 0.29) is 23.1 Å². The van der Waals surface area contributed by atoms with Crippen molar-refractivity contribution in [3.63, 3.8) is 0 Å². The smallest absolute Gasteiger partial charge is 0.264 e. The molecule has 0 heterocycles. The number of nitrogens with zero attached hydrogens (tertiary/aromatic N) is 2. The Morgan fingerprint density at radius 3 is 2.20 bits per heavy atom. The summed E-state index contributed by atoms with van der Waals surface area (Å²) in [5.41, 5.74) is 2.13. The lowest BCUT2D eigenvalue weighted by Gasteiger charge is -2.32. The molecular formula is C30H37N3O6S. The first-order valence-electron chi connectivity index (χ1n) is 13.1. The highest BCUT2D eigenvalue weighted by molar-refractivity contribution is 7.92. The number of methoxy groups -OCH3 is 2. The molecule has 10 heteroatoms. The van der Waals surface area contributed by atoms with E-state index in [1.165, 1.54) is 37.3 Å². The molecule has 0 saturated heterocycles. The lowest BCUT2D eigenvalue weighted by molar-refractivity contribution is -0.139. The zero-order chi connectivity index (χ0) is 29.3. The summed E-state index contributed by atoms with van der Waals surface area (Å²) in [7, 11) is -1.35. The molecule has 3 aromatic rings. The van der Waals surface area contributed by atoms with E-state index in [1.807, 2.05) is 38.1 Å². The predicted molar refractivity (Wildman–Crippen MR) is 155 cm³/mol. The molecule has 0 aromatic heterocycles. The van der Waals surface area contributed by atoms with Gasteiger partial charge in [-0.25, -0.2) is 8.42 Å². The van der Waals surface area contributed by atoms with Gasteiger partial charge in [0.15, 0.2) is 11.5 Å². The van der Waals surface area contributed by atoms with Gasteiger partial charge in [0, 0.05) is 19.2 Å². The van der Waals surface area contributed by atoms with Crippen molar-refractivity contribution < 1.29 is 27.5 Å². The second kappa shape index (κ2) is 13.8. The van der Waals surface area contributed by atoms with Crippen molar-refractivity contribution in [3.05, 3.63) is 83.9 Å². The van der Waals surface area contributed by atoms with Crippen molar-refractivity contribution in [2.45, 2.75) is 44.7 Å². The zero-order valence-corrected chi connectivity index (χ0v) is 24.4. The molecule has 9 nitrogen and oxygen atoms in total. The number of rotatable bonds is 13. The van der Waals surface area contributed by atoms with Crippen molar-refractivity contribution in [2.75, 3.05) is 31.6 Å². The van der Waals surface area contributed by atoms with Crippen LogP contribution in [0.2, 0.25) is 0 Å². The number of amides is 2. The fraction of sp³-hybridized carbons (Fsp3) is 0.333. The third-order valence-electron chi connectivity index (χ3n) is 6.58. The van der Waals surface area contributed by atoms with Gasteiger partial charge in [0.25, 0.3) is 10.0 Å². The Balaban J connectivity index is 2.04. The first-order valence-corrected chi connectivity index (χ1v) is 14.5. The van der Waals surface area contributed by atoms with Gasteiger partial charge in [0.2, 0.25) is 11.8 Å². The van der Waals surface area contributed by atoms with Gasteiger partial charge in [-0.15, -0.1) is 0 Å². The van der Waals surface area contributed by atoms with Crippen molar-refractivity contribution in [1.29, 1.82) is 0 Å². The van der Waals surface area contributed by atoms with Crippen LogP contribution >= 0.6 is 0 Å². The van der Waals surface area contributed by atoms with Crippen LogP contribution in [0, 0.1) is 6.92 Å². The Morgan fingerprint density at radius 1 is 0.925 bits per heavy atom. The number of benzene rings is 3. The number of anilines is 1. The fourth-order valence-electron chi connectivity index (χ4n) is 4.18. The van der Waals surface area contributed by atoms with E-state index in [1.54, 1.807) is 37.3 Å². The summed E-state index contributed by atoms with van der Waals surface area (Å²) in [6.45, 7) is 5.62. The summed E-state index contributed by atoms with van der Waals surface area (Å²) in [4.78, 5) is 28.3. The van der Waals surface area contributed by atoms with Crippen molar-refractivity contribution in [3.8, 4) is 11.5 Å². The van der Waals surface area contributed by atoms with E-state index in [0.717, 1.165) is 21.9 Å². The van der Waals surface area contributed by atoms with Crippen LogP contribution in [0.25, 0.3) is 0 Å². The van der Waals surface area contributed by atoms with Gasteiger partial charge in [0.1, 0.15) is 12.6 Å². The van der Waals surface area contributed by atoms with Crippen LogP contribution in [0.15, 0.2) is 77.7 Å². The molecular weight excluding hydrogens is 530 g/mol. The minimum Gasteiger partial charge on any atom is -0.493 e. The second-order valence-electron chi connectivity index (χ2n) is 9.28. The van der Waals surface area contributed by atoms with Gasteiger partial charge < -0.3 is 19.7 Å². The minimum atomic E-state index is -4.23. The number of aryl methyl sites for hydroxylation is 1. The van der Waals surface area contributed by atoms with Crippen LogP contribution in [0.3, 0.4) is 0 Å². The Kier molecular flexibility index (Phi) is 10.6. The number of para-hydroxylation sites is 1. The Bertz CT molecular complexity index is 1410. The molecule has 0 unspecified atom stereocenters. The summed E-state index contributed by atoms with van der Waals surface area (Å²) in [5, 5.41) is 2.84. The van der Waals surface area contributed by atoms with Crippen LogP contribution in [-0.2, 0) is 26.2 Å². The van der Waals surface area contributed by atoms with Crippen LogP contribution in [0.1, 0.15) is 31.4 Å². The van der Waals surface area contributed by atoms with Gasteiger partial charge in [0.05, 0.1) is 24.8 Å². The molecule has 3 aromatic carbocycles. The fourth-order valence-corrected chi connectivity index (χ4v) is 5.61. The molecule has 2 amide bonds. The Labute approximate surface area is 236 Å². The number of carbonyl (C=O) groups is 2. The highest BCUT2D eigenvalue weighted by Crippen LogP contribution is 2.32. The lowest BCUT2D eigenvalue weighted by Crippen LogP contribution is -2.51. The van der Waals surface area contributed by atoms with E-state index in [4.69, 9.17) is 9.47 Å². The van der Waals surface area contributed by atoms with Gasteiger partial charge in [-0.2, -0.15) is 0 Å². The first-order chi connectivity index (χ1) is 19.1. The quantitative estimate of drug-likeness (QED) is 0.333. The minimum absolute atomic E-state index is 0.0685. The number of sulfonamides is 1. The normalized spacial score (nSPS) is 11.8. The van der Waals surface area contributed by atoms with Gasteiger partial charge in [-0.1, -0.05) is 49.4 Å². The van der Waals surface area contributed by atoms with E-state index < -0.39 is 28.5 Å². The molecule has 3 rings (SSSR count). The van der Waals surface area contributed by atoms with Crippen LogP contribution in [-0.4, -0.2) is 58.5 Å². The van der Waals surface area contributed by atoms with E-state index >= 15 is 0 Å². The highest BCUT2D eigenvalue weighted by atomic mass is 32.2. The number of ether oxygens (including phenoxy) is 2. The van der Waals surface area contributed by atoms with E-state index in [0.29, 0.717) is 18.0 Å². The number of hydrogen-bond donors (Lipinski definition) is 1.